The van der Waals surface area contributed by atoms with Crippen molar-refractivity contribution in [2.24, 2.45) is 4.99 Å². The van der Waals surface area contributed by atoms with Gasteiger partial charge in [-0.2, -0.15) is 4.99 Å². The molecule has 3 nitrogen and oxygen atoms in total. The molecule has 1 aliphatic carbocycles. The number of carbonyl (C=O) groups excluding carboxylic acids is 1. The Kier molecular flexibility index (Phi) is 3.90. The van der Waals surface area contributed by atoms with Crippen LogP contribution in [0.25, 0.3) is 0 Å². The van der Waals surface area contributed by atoms with Gasteiger partial charge in [-0.05, 0) is 30.5 Å². The van der Waals surface area contributed by atoms with Gasteiger partial charge in [0.1, 0.15) is 5.82 Å². The average molecular weight is 249 g/mol. The second-order valence-electron chi connectivity index (χ2n) is 4.68. The van der Waals surface area contributed by atoms with Crippen molar-refractivity contribution in [1.29, 1.82) is 0 Å². The first-order valence-electron chi connectivity index (χ1n) is 6.09. The molecule has 1 saturated carbocycles. The summed E-state index contributed by atoms with van der Waals surface area (Å²) in [4.78, 5) is 14.6. The first-order valence-corrected chi connectivity index (χ1v) is 6.09. The number of ether oxygens (including phenoxy) is 1. The molecule has 96 valence electrons. The predicted octanol–water partition coefficient (Wildman–Crippen LogP) is 3.08. The number of hydrogen-bond acceptors (Lipinski definition) is 3. The summed E-state index contributed by atoms with van der Waals surface area (Å²) in [5, 5.41) is 0. The highest BCUT2D eigenvalue weighted by Crippen LogP contribution is 2.42. The zero-order valence-electron chi connectivity index (χ0n) is 10.4. The van der Waals surface area contributed by atoms with Crippen LogP contribution in [0.3, 0.4) is 0 Å². The van der Waals surface area contributed by atoms with Crippen LogP contribution in [0.2, 0.25) is 0 Å². The fraction of sp³-hybridized carbons (Fsp3) is 0.500. The summed E-state index contributed by atoms with van der Waals surface area (Å²) >= 11 is 0. The Morgan fingerprint density at radius 3 is 2.78 bits per heavy atom. The Labute approximate surface area is 106 Å². The van der Waals surface area contributed by atoms with Gasteiger partial charge in [0.25, 0.3) is 0 Å². The molecule has 1 aromatic rings. The van der Waals surface area contributed by atoms with Crippen molar-refractivity contribution >= 4 is 6.08 Å². The van der Waals surface area contributed by atoms with E-state index in [0.29, 0.717) is 5.56 Å². The van der Waals surface area contributed by atoms with Gasteiger partial charge in [0.15, 0.2) is 0 Å². The maximum absolute atomic E-state index is 13.6. The third-order valence-corrected chi connectivity index (χ3v) is 3.57. The molecule has 0 radical (unpaired) electrons. The van der Waals surface area contributed by atoms with Crippen LogP contribution in [0.5, 0.6) is 0 Å². The number of hydrogen-bond donors (Lipinski definition) is 0. The lowest BCUT2D eigenvalue weighted by atomic mass is 9.88. The maximum Gasteiger partial charge on any atom is 0.235 e. The zero-order chi connectivity index (χ0) is 13.0. The molecule has 1 fully saturated rings. The highest BCUT2D eigenvalue weighted by Gasteiger charge is 2.35. The van der Waals surface area contributed by atoms with Crippen molar-refractivity contribution < 1.29 is 13.9 Å². The molecular formula is C14H16FNO2. The number of rotatable bonds is 4. The average Bonchev–Trinajstić information content (AvgIpc) is 2.82. The van der Waals surface area contributed by atoms with Gasteiger partial charge in [0.05, 0.1) is 12.1 Å². The molecule has 0 aromatic heterocycles. The van der Waals surface area contributed by atoms with Crippen molar-refractivity contribution in [3.8, 4) is 0 Å². The Hall–Kier alpha value is -1.51. The molecule has 0 aliphatic heterocycles. The van der Waals surface area contributed by atoms with Crippen LogP contribution in [0, 0.1) is 5.82 Å². The molecule has 0 N–H and O–H groups in total. The van der Waals surface area contributed by atoms with Gasteiger partial charge >= 0.3 is 0 Å². The number of nitrogens with zero attached hydrogens (tertiary/aromatic N) is 1. The predicted molar refractivity (Wildman–Crippen MR) is 65.4 cm³/mol. The van der Waals surface area contributed by atoms with Crippen LogP contribution in [0.1, 0.15) is 36.8 Å². The third-order valence-electron chi connectivity index (χ3n) is 3.57. The summed E-state index contributed by atoms with van der Waals surface area (Å²) in [6.45, 7) is 0.223. The second kappa shape index (κ2) is 5.42. The Bertz CT molecular complexity index is 475. The van der Waals surface area contributed by atoms with E-state index in [-0.39, 0.29) is 12.4 Å². The standard InChI is InChI=1S/C14H16FNO2/c1-18-9-11-8-12(4-5-13(11)15)14(16-10-17)6-2-3-7-14/h4-5,8H,2-3,6-7,9H2,1H3. The SMILES string of the molecule is COCc1cc(C2(N=C=O)CCCC2)ccc1F. The van der Waals surface area contributed by atoms with E-state index in [9.17, 15) is 9.18 Å². The summed E-state index contributed by atoms with van der Waals surface area (Å²) in [5.74, 6) is -0.288. The van der Waals surface area contributed by atoms with Gasteiger partial charge in [0.2, 0.25) is 6.08 Å². The topological polar surface area (TPSA) is 38.7 Å². The van der Waals surface area contributed by atoms with Gasteiger partial charge in [0, 0.05) is 12.7 Å². The molecule has 0 heterocycles. The lowest BCUT2D eigenvalue weighted by molar-refractivity contribution is 0.181. The highest BCUT2D eigenvalue weighted by molar-refractivity contribution is 5.40. The van der Waals surface area contributed by atoms with Crippen molar-refractivity contribution in [2.45, 2.75) is 37.8 Å². The Balaban J connectivity index is 2.42. The van der Waals surface area contributed by atoms with Crippen molar-refractivity contribution in [3.63, 3.8) is 0 Å². The molecule has 2 rings (SSSR count). The third kappa shape index (κ3) is 2.35. The fourth-order valence-corrected chi connectivity index (χ4v) is 2.64. The van der Waals surface area contributed by atoms with E-state index in [1.54, 1.807) is 18.2 Å². The lowest BCUT2D eigenvalue weighted by Gasteiger charge is -2.23. The minimum atomic E-state index is -0.502. The number of methoxy groups -OCH3 is 1. The Morgan fingerprint density at radius 2 is 2.17 bits per heavy atom. The first kappa shape index (κ1) is 12.9. The molecule has 18 heavy (non-hydrogen) atoms. The molecule has 0 saturated heterocycles. The summed E-state index contributed by atoms with van der Waals surface area (Å²) in [5.41, 5.74) is 0.886. The van der Waals surface area contributed by atoms with Crippen molar-refractivity contribution in [1.82, 2.24) is 0 Å². The zero-order valence-corrected chi connectivity index (χ0v) is 10.4. The number of isocyanates is 1. The maximum atomic E-state index is 13.6. The molecule has 1 aliphatic rings. The van der Waals surface area contributed by atoms with E-state index in [4.69, 9.17) is 4.74 Å². The van der Waals surface area contributed by atoms with Crippen molar-refractivity contribution in [2.75, 3.05) is 7.11 Å². The molecule has 0 spiro atoms. The van der Waals surface area contributed by atoms with Gasteiger partial charge in [-0.25, -0.2) is 9.18 Å². The smallest absolute Gasteiger partial charge is 0.235 e. The van der Waals surface area contributed by atoms with Gasteiger partial charge in [-0.3, -0.25) is 0 Å². The van der Waals surface area contributed by atoms with Gasteiger partial charge in [-0.1, -0.05) is 18.9 Å². The molecule has 0 unspecified atom stereocenters. The summed E-state index contributed by atoms with van der Waals surface area (Å²) in [6, 6.07) is 4.88. The van der Waals surface area contributed by atoms with E-state index < -0.39 is 5.54 Å². The molecule has 0 atom stereocenters. The number of halogens is 1. The van der Waals surface area contributed by atoms with E-state index in [1.807, 2.05) is 0 Å². The fourth-order valence-electron chi connectivity index (χ4n) is 2.64. The number of aliphatic imine (C=N–C) groups is 1. The molecule has 1 aromatic carbocycles. The van der Waals surface area contributed by atoms with Gasteiger partial charge < -0.3 is 4.74 Å². The normalized spacial score (nSPS) is 17.4. The van der Waals surface area contributed by atoms with Gasteiger partial charge in [-0.15, -0.1) is 0 Å². The highest BCUT2D eigenvalue weighted by atomic mass is 19.1. The molecule has 4 heteroatoms. The van der Waals surface area contributed by atoms with Crippen LogP contribution in [0.4, 0.5) is 4.39 Å². The monoisotopic (exact) mass is 249 g/mol. The summed E-state index contributed by atoms with van der Waals surface area (Å²) < 4.78 is 18.5. The minimum absolute atomic E-state index is 0.223. The second-order valence-corrected chi connectivity index (χ2v) is 4.68. The molecule has 0 amide bonds. The van der Waals surface area contributed by atoms with Crippen LogP contribution in [0.15, 0.2) is 23.2 Å². The lowest BCUT2D eigenvalue weighted by Crippen LogP contribution is -2.19. The largest absolute Gasteiger partial charge is 0.380 e. The first-order chi connectivity index (χ1) is 8.72. The van der Waals surface area contributed by atoms with E-state index in [0.717, 1.165) is 31.2 Å². The van der Waals surface area contributed by atoms with E-state index >= 15 is 0 Å². The Morgan fingerprint density at radius 1 is 1.44 bits per heavy atom. The molecular weight excluding hydrogens is 233 g/mol. The van der Waals surface area contributed by atoms with E-state index in [2.05, 4.69) is 4.99 Å². The van der Waals surface area contributed by atoms with E-state index in [1.165, 1.54) is 13.2 Å². The quantitative estimate of drug-likeness (QED) is 0.607. The van der Waals surface area contributed by atoms with Crippen LogP contribution in [-0.4, -0.2) is 13.2 Å². The van der Waals surface area contributed by atoms with Crippen molar-refractivity contribution in [3.05, 3.63) is 35.1 Å². The van der Waals surface area contributed by atoms with Crippen LogP contribution in [-0.2, 0) is 21.7 Å². The summed E-state index contributed by atoms with van der Waals surface area (Å²) in [7, 11) is 1.53. The molecule has 0 bridgehead atoms. The summed E-state index contributed by atoms with van der Waals surface area (Å²) in [6.07, 6.45) is 5.36. The minimum Gasteiger partial charge on any atom is -0.380 e. The van der Waals surface area contributed by atoms with Crippen LogP contribution >= 0.6 is 0 Å². The van der Waals surface area contributed by atoms with Crippen LogP contribution < -0.4 is 0 Å². The number of benzene rings is 1.